The summed E-state index contributed by atoms with van der Waals surface area (Å²) in [5.41, 5.74) is -1.11. The number of amides is 2. The molecule has 0 saturated carbocycles. The molecule has 2 N–H and O–H groups in total. The molecule has 0 aliphatic heterocycles. The van der Waals surface area contributed by atoms with E-state index in [1.807, 2.05) is 6.07 Å². The second kappa shape index (κ2) is 7.06. The molecule has 2 amide bonds. The van der Waals surface area contributed by atoms with Gasteiger partial charge in [0.15, 0.2) is 11.3 Å². The van der Waals surface area contributed by atoms with Crippen molar-refractivity contribution in [2.24, 2.45) is 5.92 Å². The van der Waals surface area contributed by atoms with Gasteiger partial charge in [0.05, 0.1) is 0 Å². The van der Waals surface area contributed by atoms with Crippen LogP contribution in [0.25, 0.3) is 0 Å². The number of carbonyl (C=O) groups excluding carboxylic acids is 2. The number of hydrogen-bond acceptors (Lipinski definition) is 3. The van der Waals surface area contributed by atoms with Crippen molar-refractivity contribution in [1.82, 2.24) is 10.2 Å². The second-order valence-corrected chi connectivity index (χ2v) is 5.72. The minimum Gasteiger partial charge on any atom is -0.465 e. The number of likely N-dealkylation sites (N-methyl/N-ethyl adjacent to an activating group) is 1. The summed E-state index contributed by atoms with van der Waals surface area (Å²) in [7, 11) is 3.00. The smallest absolute Gasteiger partial charge is 0.405 e. The van der Waals surface area contributed by atoms with Gasteiger partial charge in [0.25, 0.3) is 5.91 Å². The van der Waals surface area contributed by atoms with Gasteiger partial charge in [-0.3, -0.25) is 9.59 Å². The first-order valence-electron chi connectivity index (χ1n) is 7.02. The number of ketones is 1. The van der Waals surface area contributed by atoms with Crippen LogP contribution >= 0.6 is 0 Å². The van der Waals surface area contributed by atoms with Crippen LogP contribution in [0, 0.1) is 5.92 Å². The van der Waals surface area contributed by atoms with E-state index >= 15 is 0 Å². The molecular formula is C16H22N2O4. The zero-order valence-corrected chi connectivity index (χ0v) is 13.3. The molecule has 1 rings (SSSR count). The molecule has 0 saturated heterocycles. The first-order valence-corrected chi connectivity index (χ1v) is 7.02. The largest absolute Gasteiger partial charge is 0.465 e. The SMILES string of the molecule is CC(C)C(=O)C(Cc1ccccc1)(NC(=O)O)C(=O)N(C)C. The van der Waals surface area contributed by atoms with Gasteiger partial charge in [-0.05, 0) is 5.56 Å². The lowest BCUT2D eigenvalue weighted by Crippen LogP contribution is -2.65. The summed E-state index contributed by atoms with van der Waals surface area (Å²) in [6.45, 7) is 3.29. The molecule has 0 aromatic heterocycles. The summed E-state index contributed by atoms with van der Waals surface area (Å²) in [6, 6.07) is 8.89. The summed E-state index contributed by atoms with van der Waals surface area (Å²) in [6.07, 6.45) is -1.42. The Labute approximate surface area is 130 Å². The number of carboxylic acid groups (broad SMARTS) is 1. The average molecular weight is 306 g/mol. The van der Waals surface area contributed by atoms with Gasteiger partial charge in [-0.15, -0.1) is 0 Å². The molecule has 1 unspecified atom stereocenters. The molecule has 0 bridgehead atoms. The maximum atomic E-state index is 12.7. The third kappa shape index (κ3) is 3.84. The van der Waals surface area contributed by atoms with Gasteiger partial charge in [-0.1, -0.05) is 44.2 Å². The molecule has 1 atom stereocenters. The molecule has 0 heterocycles. The van der Waals surface area contributed by atoms with E-state index in [9.17, 15) is 14.4 Å². The number of nitrogens with zero attached hydrogens (tertiary/aromatic N) is 1. The van der Waals surface area contributed by atoms with E-state index in [2.05, 4.69) is 5.32 Å². The topological polar surface area (TPSA) is 86.7 Å². The van der Waals surface area contributed by atoms with Gasteiger partial charge >= 0.3 is 6.09 Å². The summed E-state index contributed by atoms with van der Waals surface area (Å²) in [5.74, 6) is -1.51. The van der Waals surface area contributed by atoms with Crippen molar-refractivity contribution >= 4 is 17.8 Å². The number of Topliss-reactive ketones (excluding diaryl/α,β-unsaturated/α-hetero) is 1. The third-order valence-corrected chi connectivity index (χ3v) is 3.35. The maximum Gasteiger partial charge on any atom is 0.405 e. The predicted octanol–water partition coefficient (Wildman–Crippen LogP) is 1.55. The normalized spacial score (nSPS) is 13.3. The van der Waals surface area contributed by atoms with Crippen LogP contribution in [0.4, 0.5) is 4.79 Å². The monoisotopic (exact) mass is 306 g/mol. The van der Waals surface area contributed by atoms with Crippen LogP contribution in [-0.4, -0.2) is 47.4 Å². The van der Waals surface area contributed by atoms with Gasteiger partial charge in [-0.2, -0.15) is 0 Å². The van der Waals surface area contributed by atoms with Gasteiger partial charge in [0.1, 0.15) is 0 Å². The van der Waals surface area contributed by atoms with Crippen molar-refractivity contribution in [3.63, 3.8) is 0 Å². The highest BCUT2D eigenvalue weighted by Crippen LogP contribution is 2.21. The Bertz CT molecular complexity index is 533. The van der Waals surface area contributed by atoms with Crippen molar-refractivity contribution in [2.45, 2.75) is 25.8 Å². The Morgan fingerprint density at radius 1 is 1.18 bits per heavy atom. The molecule has 0 spiro atoms. The molecule has 0 radical (unpaired) electrons. The molecule has 1 aromatic carbocycles. The van der Waals surface area contributed by atoms with Crippen LogP contribution in [0.1, 0.15) is 19.4 Å². The fourth-order valence-corrected chi connectivity index (χ4v) is 2.39. The zero-order valence-electron chi connectivity index (χ0n) is 13.3. The lowest BCUT2D eigenvalue weighted by molar-refractivity contribution is -0.144. The van der Waals surface area contributed by atoms with Crippen LogP contribution in [0.3, 0.4) is 0 Å². The fraction of sp³-hybridized carbons (Fsp3) is 0.438. The molecule has 22 heavy (non-hydrogen) atoms. The molecule has 120 valence electrons. The number of rotatable bonds is 6. The predicted molar refractivity (Wildman–Crippen MR) is 82.6 cm³/mol. The number of hydrogen-bond donors (Lipinski definition) is 2. The lowest BCUT2D eigenvalue weighted by atomic mass is 9.80. The zero-order chi connectivity index (χ0) is 16.9. The number of nitrogens with one attached hydrogen (secondary N) is 1. The lowest BCUT2D eigenvalue weighted by Gasteiger charge is -2.34. The summed E-state index contributed by atoms with van der Waals surface area (Å²) < 4.78 is 0. The second-order valence-electron chi connectivity index (χ2n) is 5.72. The van der Waals surface area contributed by atoms with Crippen LogP contribution in [0.15, 0.2) is 30.3 Å². The van der Waals surface area contributed by atoms with E-state index in [1.165, 1.54) is 19.0 Å². The van der Waals surface area contributed by atoms with Crippen LogP contribution < -0.4 is 5.32 Å². The Morgan fingerprint density at radius 2 is 1.73 bits per heavy atom. The number of carbonyl (C=O) groups is 3. The van der Waals surface area contributed by atoms with Crippen LogP contribution in [0.5, 0.6) is 0 Å². The molecule has 1 aromatic rings. The quantitative estimate of drug-likeness (QED) is 0.781. The van der Waals surface area contributed by atoms with Crippen molar-refractivity contribution < 1.29 is 19.5 Å². The number of benzene rings is 1. The summed E-state index contributed by atoms with van der Waals surface area (Å²) in [5, 5.41) is 11.3. The molecule has 0 fully saturated rings. The molecule has 6 nitrogen and oxygen atoms in total. The maximum absolute atomic E-state index is 12.7. The Balaban J connectivity index is 3.39. The third-order valence-electron chi connectivity index (χ3n) is 3.35. The standard InChI is InChI=1S/C16H22N2O4/c1-11(2)13(19)16(17-15(21)22,14(20)18(3)4)10-12-8-6-5-7-9-12/h5-9,11,17H,10H2,1-4H3,(H,21,22). The van der Waals surface area contributed by atoms with E-state index in [4.69, 9.17) is 5.11 Å². The van der Waals surface area contributed by atoms with E-state index in [1.54, 1.807) is 38.1 Å². The highest BCUT2D eigenvalue weighted by molar-refractivity contribution is 6.13. The van der Waals surface area contributed by atoms with Gasteiger partial charge in [0, 0.05) is 26.4 Å². The van der Waals surface area contributed by atoms with Crippen molar-refractivity contribution in [3.8, 4) is 0 Å². The van der Waals surface area contributed by atoms with E-state index < -0.39 is 29.2 Å². The van der Waals surface area contributed by atoms with E-state index in [0.29, 0.717) is 5.56 Å². The van der Waals surface area contributed by atoms with Gasteiger partial charge in [-0.25, -0.2) is 4.79 Å². The molecular weight excluding hydrogens is 284 g/mol. The van der Waals surface area contributed by atoms with Crippen molar-refractivity contribution in [3.05, 3.63) is 35.9 Å². The molecule has 0 aliphatic rings. The minimum atomic E-state index is -1.81. The first-order chi connectivity index (χ1) is 10.2. The molecule has 0 aliphatic carbocycles. The average Bonchev–Trinajstić information content (AvgIpc) is 2.45. The highest BCUT2D eigenvalue weighted by atomic mass is 16.4. The minimum absolute atomic E-state index is 0.0197. The van der Waals surface area contributed by atoms with Crippen LogP contribution in [0.2, 0.25) is 0 Å². The van der Waals surface area contributed by atoms with Gasteiger partial charge in [0.2, 0.25) is 0 Å². The van der Waals surface area contributed by atoms with Crippen LogP contribution in [-0.2, 0) is 16.0 Å². The first kappa shape index (κ1) is 17.7. The van der Waals surface area contributed by atoms with E-state index in [-0.39, 0.29) is 6.42 Å². The highest BCUT2D eigenvalue weighted by Gasteiger charge is 2.48. The van der Waals surface area contributed by atoms with E-state index in [0.717, 1.165) is 0 Å². The van der Waals surface area contributed by atoms with Crippen molar-refractivity contribution in [2.75, 3.05) is 14.1 Å². The Morgan fingerprint density at radius 3 is 2.14 bits per heavy atom. The fourth-order valence-electron chi connectivity index (χ4n) is 2.39. The van der Waals surface area contributed by atoms with Gasteiger partial charge < -0.3 is 15.3 Å². The summed E-state index contributed by atoms with van der Waals surface area (Å²) >= 11 is 0. The summed E-state index contributed by atoms with van der Waals surface area (Å²) in [4.78, 5) is 37.8. The molecule has 6 heteroatoms. The Hall–Kier alpha value is -2.37. The Kier molecular flexibility index (Phi) is 5.68. The van der Waals surface area contributed by atoms with Crippen molar-refractivity contribution in [1.29, 1.82) is 0 Å².